The number of carbonyl (C=O) groups is 2. The number of urea groups is 1. The Hall–Kier alpha value is -2.02. The summed E-state index contributed by atoms with van der Waals surface area (Å²) in [7, 11) is 0. The number of rotatable bonds is 3. The number of carboxylic acid groups (broad SMARTS) is 1. The zero-order valence-corrected chi connectivity index (χ0v) is 11.4. The van der Waals surface area contributed by atoms with Gasteiger partial charge in [-0.15, -0.1) is 0 Å². The van der Waals surface area contributed by atoms with Gasteiger partial charge in [0.05, 0.1) is 6.54 Å². The predicted molar refractivity (Wildman–Crippen MR) is 71.7 cm³/mol. The molecule has 0 aliphatic carbocycles. The first kappa shape index (κ1) is 14.4. The fraction of sp³-hybridized carbons (Fsp3) is 0.538. The van der Waals surface area contributed by atoms with E-state index < -0.39 is 5.97 Å². The lowest BCUT2D eigenvalue weighted by atomic mass is 10.2. The van der Waals surface area contributed by atoms with E-state index in [0.717, 1.165) is 26.1 Å². The van der Waals surface area contributed by atoms with Crippen molar-refractivity contribution in [2.75, 3.05) is 26.2 Å². The van der Waals surface area contributed by atoms with Crippen molar-refractivity contribution in [2.45, 2.75) is 19.9 Å². The van der Waals surface area contributed by atoms with Crippen LogP contribution in [0.1, 0.15) is 28.3 Å². The van der Waals surface area contributed by atoms with Gasteiger partial charge in [0.1, 0.15) is 17.1 Å². The molecule has 1 saturated heterocycles. The van der Waals surface area contributed by atoms with Crippen molar-refractivity contribution in [3.05, 3.63) is 23.2 Å². The SMILES string of the molecule is Cc1oc(CNC(=O)N2CCCNCC2)cc1C(=O)O. The van der Waals surface area contributed by atoms with Gasteiger partial charge in [0.2, 0.25) is 0 Å². The van der Waals surface area contributed by atoms with Crippen LogP contribution in [0.3, 0.4) is 0 Å². The molecule has 0 bridgehead atoms. The molecule has 0 unspecified atom stereocenters. The molecular formula is C13H19N3O4. The van der Waals surface area contributed by atoms with Crippen molar-refractivity contribution < 1.29 is 19.1 Å². The molecule has 110 valence electrons. The number of amides is 2. The number of furan rings is 1. The molecule has 2 amide bonds. The van der Waals surface area contributed by atoms with Gasteiger partial charge in [-0.1, -0.05) is 0 Å². The van der Waals surface area contributed by atoms with Gasteiger partial charge in [0, 0.05) is 19.6 Å². The first-order valence-electron chi connectivity index (χ1n) is 6.64. The highest BCUT2D eigenvalue weighted by molar-refractivity contribution is 5.88. The number of nitrogens with one attached hydrogen (secondary N) is 2. The highest BCUT2D eigenvalue weighted by Gasteiger charge is 2.17. The van der Waals surface area contributed by atoms with Gasteiger partial charge >= 0.3 is 12.0 Å². The Labute approximate surface area is 116 Å². The number of carbonyl (C=O) groups excluding carboxylic acids is 1. The van der Waals surface area contributed by atoms with E-state index in [1.165, 1.54) is 6.07 Å². The first-order valence-corrected chi connectivity index (χ1v) is 6.64. The summed E-state index contributed by atoms with van der Waals surface area (Å²) in [5, 5.41) is 14.9. The zero-order chi connectivity index (χ0) is 14.5. The maximum Gasteiger partial charge on any atom is 0.339 e. The van der Waals surface area contributed by atoms with Crippen LogP contribution in [0.4, 0.5) is 4.79 Å². The summed E-state index contributed by atoms with van der Waals surface area (Å²) < 4.78 is 5.31. The highest BCUT2D eigenvalue weighted by Crippen LogP contribution is 2.14. The van der Waals surface area contributed by atoms with E-state index in [1.54, 1.807) is 11.8 Å². The molecule has 0 radical (unpaired) electrons. The summed E-state index contributed by atoms with van der Waals surface area (Å²) in [5.74, 6) is -0.232. The molecule has 7 nitrogen and oxygen atoms in total. The Morgan fingerprint density at radius 2 is 2.25 bits per heavy atom. The second kappa shape index (κ2) is 6.42. The Bertz CT molecular complexity index is 490. The van der Waals surface area contributed by atoms with Gasteiger partial charge in [-0.25, -0.2) is 9.59 Å². The van der Waals surface area contributed by atoms with Crippen LogP contribution in [-0.4, -0.2) is 48.2 Å². The molecule has 1 aliphatic rings. The molecule has 3 N–H and O–H groups in total. The summed E-state index contributed by atoms with van der Waals surface area (Å²) in [5.41, 5.74) is 0.133. The third-order valence-electron chi connectivity index (χ3n) is 3.24. The second-order valence-electron chi connectivity index (χ2n) is 4.74. The Balaban J connectivity index is 1.89. The minimum absolute atomic E-state index is 0.133. The summed E-state index contributed by atoms with van der Waals surface area (Å²) in [6.07, 6.45) is 0.927. The molecule has 0 atom stereocenters. The third kappa shape index (κ3) is 3.51. The number of aromatic carboxylic acids is 1. The van der Waals surface area contributed by atoms with E-state index in [2.05, 4.69) is 10.6 Å². The van der Waals surface area contributed by atoms with E-state index in [4.69, 9.17) is 9.52 Å². The van der Waals surface area contributed by atoms with Crippen LogP contribution >= 0.6 is 0 Å². The Morgan fingerprint density at radius 3 is 2.95 bits per heavy atom. The normalized spacial score (nSPS) is 15.8. The lowest BCUT2D eigenvalue weighted by molar-refractivity contribution is 0.0695. The van der Waals surface area contributed by atoms with Crippen LogP contribution in [0.2, 0.25) is 0 Å². The second-order valence-corrected chi connectivity index (χ2v) is 4.74. The van der Waals surface area contributed by atoms with Crippen LogP contribution < -0.4 is 10.6 Å². The fourth-order valence-corrected chi connectivity index (χ4v) is 2.17. The maximum atomic E-state index is 12.0. The van der Waals surface area contributed by atoms with Gasteiger partial charge in [-0.2, -0.15) is 0 Å². The molecular weight excluding hydrogens is 262 g/mol. The van der Waals surface area contributed by atoms with Gasteiger partial charge in [0.15, 0.2) is 0 Å². The van der Waals surface area contributed by atoms with Crippen LogP contribution in [0.25, 0.3) is 0 Å². The quantitative estimate of drug-likeness (QED) is 0.761. The molecule has 1 aromatic rings. The first-order chi connectivity index (χ1) is 9.58. The van der Waals surface area contributed by atoms with Gasteiger partial charge in [-0.3, -0.25) is 0 Å². The number of nitrogens with zero attached hydrogens (tertiary/aromatic N) is 1. The van der Waals surface area contributed by atoms with Crippen molar-refractivity contribution in [3.8, 4) is 0 Å². The molecule has 1 aromatic heterocycles. The average Bonchev–Trinajstić information content (AvgIpc) is 2.64. The van der Waals surface area contributed by atoms with E-state index in [-0.39, 0.29) is 18.1 Å². The van der Waals surface area contributed by atoms with Crippen LogP contribution in [0.15, 0.2) is 10.5 Å². The standard InChI is InChI=1S/C13H19N3O4/c1-9-11(12(17)18)7-10(20-9)8-15-13(19)16-5-2-3-14-4-6-16/h7,14H,2-6,8H2,1H3,(H,15,19)(H,17,18). The maximum absolute atomic E-state index is 12.0. The largest absolute Gasteiger partial charge is 0.478 e. The predicted octanol–water partition coefficient (Wildman–Crippen LogP) is 0.791. The average molecular weight is 281 g/mol. The van der Waals surface area contributed by atoms with Crippen molar-refractivity contribution in [1.29, 1.82) is 0 Å². The molecule has 2 heterocycles. The number of hydrogen-bond acceptors (Lipinski definition) is 4. The number of aryl methyl sites for hydroxylation is 1. The smallest absolute Gasteiger partial charge is 0.339 e. The highest BCUT2D eigenvalue weighted by atomic mass is 16.4. The van der Waals surface area contributed by atoms with Crippen LogP contribution in [0, 0.1) is 6.92 Å². The lowest BCUT2D eigenvalue weighted by Gasteiger charge is -2.20. The number of hydrogen-bond donors (Lipinski definition) is 3. The van der Waals surface area contributed by atoms with E-state index >= 15 is 0 Å². The molecule has 0 saturated carbocycles. The van der Waals surface area contributed by atoms with Gasteiger partial charge in [0.25, 0.3) is 0 Å². The van der Waals surface area contributed by atoms with E-state index in [1.807, 2.05) is 0 Å². The van der Waals surface area contributed by atoms with Gasteiger partial charge < -0.3 is 25.1 Å². The summed E-state index contributed by atoms with van der Waals surface area (Å²) in [6, 6.07) is 1.29. The van der Waals surface area contributed by atoms with Crippen LogP contribution in [-0.2, 0) is 6.54 Å². The van der Waals surface area contributed by atoms with Crippen molar-refractivity contribution in [3.63, 3.8) is 0 Å². The minimum atomic E-state index is -1.03. The van der Waals surface area contributed by atoms with Crippen molar-refractivity contribution >= 4 is 12.0 Å². The van der Waals surface area contributed by atoms with Crippen molar-refractivity contribution in [1.82, 2.24) is 15.5 Å². The summed E-state index contributed by atoms with van der Waals surface area (Å²) >= 11 is 0. The topological polar surface area (TPSA) is 94.8 Å². The molecule has 1 aliphatic heterocycles. The third-order valence-corrected chi connectivity index (χ3v) is 3.24. The summed E-state index contributed by atoms with van der Waals surface area (Å²) in [4.78, 5) is 24.6. The molecule has 7 heteroatoms. The molecule has 0 spiro atoms. The zero-order valence-electron chi connectivity index (χ0n) is 11.4. The Kier molecular flexibility index (Phi) is 4.62. The van der Waals surface area contributed by atoms with Crippen molar-refractivity contribution in [2.24, 2.45) is 0 Å². The summed E-state index contributed by atoms with van der Waals surface area (Å²) in [6.45, 7) is 4.88. The molecule has 20 heavy (non-hydrogen) atoms. The molecule has 1 fully saturated rings. The lowest BCUT2D eigenvalue weighted by Crippen LogP contribution is -2.41. The fourth-order valence-electron chi connectivity index (χ4n) is 2.17. The molecule has 0 aromatic carbocycles. The van der Waals surface area contributed by atoms with E-state index in [9.17, 15) is 9.59 Å². The minimum Gasteiger partial charge on any atom is -0.478 e. The monoisotopic (exact) mass is 281 g/mol. The molecule has 2 rings (SSSR count). The van der Waals surface area contributed by atoms with Crippen LogP contribution in [0.5, 0.6) is 0 Å². The number of carboxylic acids is 1. The van der Waals surface area contributed by atoms with E-state index in [0.29, 0.717) is 18.1 Å². The Morgan fingerprint density at radius 1 is 1.45 bits per heavy atom. The van der Waals surface area contributed by atoms with Gasteiger partial charge in [-0.05, 0) is 26.0 Å².